The standard InChI is InChI=1S/C10H9ClN2O3S/c1-5-8(14)12-10(16)13(9(5)15)4-6-2-3-7(11)17-6/h2-3,15H,4H2,1H3,(H,12,14,16). The average molecular weight is 273 g/mol. The molecule has 2 aromatic rings. The maximum absolute atomic E-state index is 11.5. The smallest absolute Gasteiger partial charge is 0.331 e. The molecule has 0 atom stereocenters. The zero-order valence-corrected chi connectivity index (χ0v) is 10.4. The van der Waals surface area contributed by atoms with Gasteiger partial charge in [0.05, 0.1) is 16.4 Å². The highest BCUT2D eigenvalue weighted by Crippen LogP contribution is 2.23. The summed E-state index contributed by atoms with van der Waals surface area (Å²) >= 11 is 7.09. The molecule has 5 nitrogen and oxygen atoms in total. The number of hydrogen-bond acceptors (Lipinski definition) is 4. The van der Waals surface area contributed by atoms with Gasteiger partial charge in [0.25, 0.3) is 5.56 Å². The molecule has 0 radical (unpaired) electrons. The fourth-order valence-electron chi connectivity index (χ4n) is 1.40. The van der Waals surface area contributed by atoms with Crippen LogP contribution in [-0.4, -0.2) is 14.7 Å². The number of aromatic amines is 1. The minimum Gasteiger partial charge on any atom is -0.494 e. The number of nitrogens with zero attached hydrogens (tertiary/aromatic N) is 1. The number of aromatic hydroxyl groups is 1. The average Bonchev–Trinajstić information content (AvgIpc) is 2.67. The molecule has 0 saturated heterocycles. The zero-order valence-electron chi connectivity index (χ0n) is 8.86. The third-order valence-corrected chi connectivity index (χ3v) is 3.56. The Morgan fingerprint density at radius 1 is 1.47 bits per heavy atom. The topological polar surface area (TPSA) is 75.1 Å². The van der Waals surface area contributed by atoms with Crippen LogP contribution in [0.2, 0.25) is 4.34 Å². The number of nitrogens with one attached hydrogen (secondary N) is 1. The number of halogens is 1. The monoisotopic (exact) mass is 272 g/mol. The molecule has 2 heterocycles. The predicted octanol–water partition coefficient (Wildman–Crippen LogP) is 1.31. The Hall–Kier alpha value is -1.53. The second kappa shape index (κ2) is 4.38. The lowest BCUT2D eigenvalue weighted by atomic mass is 10.3. The minimum absolute atomic E-state index is 0.118. The SMILES string of the molecule is Cc1c(O)n(Cc2ccc(Cl)s2)c(=O)[nH]c1=O. The van der Waals surface area contributed by atoms with Gasteiger partial charge in [-0.05, 0) is 19.1 Å². The van der Waals surface area contributed by atoms with Crippen molar-refractivity contribution in [3.05, 3.63) is 47.7 Å². The molecule has 0 saturated carbocycles. The van der Waals surface area contributed by atoms with Crippen LogP contribution in [-0.2, 0) is 6.54 Å². The number of aromatic nitrogens is 2. The van der Waals surface area contributed by atoms with Crippen LogP contribution in [0.4, 0.5) is 0 Å². The van der Waals surface area contributed by atoms with Gasteiger partial charge in [-0.15, -0.1) is 11.3 Å². The maximum Gasteiger partial charge on any atom is 0.331 e. The van der Waals surface area contributed by atoms with Crippen LogP contribution in [0.5, 0.6) is 5.88 Å². The van der Waals surface area contributed by atoms with E-state index in [4.69, 9.17) is 11.6 Å². The van der Waals surface area contributed by atoms with Crippen molar-refractivity contribution < 1.29 is 5.11 Å². The van der Waals surface area contributed by atoms with E-state index in [1.54, 1.807) is 12.1 Å². The molecule has 0 aromatic carbocycles. The summed E-state index contributed by atoms with van der Waals surface area (Å²) in [7, 11) is 0. The molecule has 0 amide bonds. The van der Waals surface area contributed by atoms with Gasteiger partial charge in [0.15, 0.2) is 0 Å². The van der Waals surface area contributed by atoms with Gasteiger partial charge >= 0.3 is 5.69 Å². The first-order chi connectivity index (χ1) is 7.99. The molecule has 7 heteroatoms. The first-order valence-corrected chi connectivity index (χ1v) is 5.95. The Bertz CT molecular complexity index is 671. The van der Waals surface area contributed by atoms with Gasteiger partial charge < -0.3 is 5.11 Å². The van der Waals surface area contributed by atoms with Crippen LogP contribution in [0.1, 0.15) is 10.4 Å². The number of rotatable bonds is 2. The largest absolute Gasteiger partial charge is 0.494 e. The second-order valence-corrected chi connectivity index (χ2v) is 5.30. The molecule has 0 bridgehead atoms. The molecule has 2 aromatic heterocycles. The molecule has 0 aliphatic rings. The first-order valence-electron chi connectivity index (χ1n) is 4.76. The van der Waals surface area contributed by atoms with Crippen molar-refractivity contribution >= 4 is 22.9 Å². The summed E-state index contributed by atoms with van der Waals surface area (Å²) < 4.78 is 1.70. The summed E-state index contributed by atoms with van der Waals surface area (Å²) in [5.41, 5.74) is -1.09. The lowest BCUT2D eigenvalue weighted by Crippen LogP contribution is -2.31. The summed E-state index contributed by atoms with van der Waals surface area (Å²) in [6.45, 7) is 1.63. The molecule has 0 aliphatic carbocycles. The molecule has 0 fully saturated rings. The zero-order chi connectivity index (χ0) is 12.6. The van der Waals surface area contributed by atoms with Crippen LogP contribution in [0.3, 0.4) is 0 Å². The summed E-state index contributed by atoms with van der Waals surface area (Å²) in [6, 6.07) is 3.47. The van der Waals surface area contributed by atoms with Gasteiger partial charge in [0.2, 0.25) is 5.88 Å². The lowest BCUT2D eigenvalue weighted by molar-refractivity contribution is 0.405. The van der Waals surface area contributed by atoms with Gasteiger partial charge in [0, 0.05) is 4.88 Å². The lowest BCUT2D eigenvalue weighted by Gasteiger charge is -2.07. The molecular formula is C10H9ClN2O3S. The Kier molecular flexibility index (Phi) is 3.08. The fraction of sp³-hybridized carbons (Fsp3) is 0.200. The highest BCUT2D eigenvalue weighted by atomic mass is 35.5. The summed E-state index contributed by atoms with van der Waals surface area (Å²) in [4.78, 5) is 25.7. The molecule has 0 spiro atoms. The second-order valence-electron chi connectivity index (χ2n) is 3.50. The Morgan fingerprint density at radius 3 is 2.76 bits per heavy atom. The van der Waals surface area contributed by atoms with Crippen molar-refractivity contribution in [1.82, 2.24) is 9.55 Å². The van der Waals surface area contributed by atoms with E-state index in [1.165, 1.54) is 18.3 Å². The summed E-state index contributed by atoms with van der Waals surface area (Å²) in [5, 5.41) is 9.74. The van der Waals surface area contributed by atoms with E-state index in [0.29, 0.717) is 4.34 Å². The van der Waals surface area contributed by atoms with E-state index >= 15 is 0 Å². The number of H-pyrrole nitrogens is 1. The third-order valence-electron chi connectivity index (χ3n) is 2.34. The summed E-state index contributed by atoms with van der Waals surface area (Å²) in [5.74, 6) is -0.316. The highest BCUT2D eigenvalue weighted by Gasteiger charge is 2.11. The number of thiophene rings is 1. The van der Waals surface area contributed by atoms with Crippen molar-refractivity contribution in [2.45, 2.75) is 13.5 Å². The third kappa shape index (κ3) is 2.27. The van der Waals surface area contributed by atoms with Crippen molar-refractivity contribution in [3.8, 4) is 5.88 Å². The quantitative estimate of drug-likeness (QED) is 0.866. The van der Waals surface area contributed by atoms with Gasteiger partial charge in [-0.1, -0.05) is 11.6 Å². The van der Waals surface area contributed by atoms with Crippen LogP contribution in [0.15, 0.2) is 21.7 Å². The van der Waals surface area contributed by atoms with Crippen LogP contribution >= 0.6 is 22.9 Å². The molecule has 2 N–H and O–H groups in total. The van der Waals surface area contributed by atoms with E-state index in [9.17, 15) is 14.7 Å². The van der Waals surface area contributed by atoms with E-state index in [1.807, 2.05) is 0 Å². The van der Waals surface area contributed by atoms with Gasteiger partial charge in [0.1, 0.15) is 0 Å². The van der Waals surface area contributed by atoms with Crippen LogP contribution in [0, 0.1) is 6.92 Å². The minimum atomic E-state index is -0.636. The van der Waals surface area contributed by atoms with Crippen LogP contribution < -0.4 is 11.2 Å². The summed E-state index contributed by atoms with van der Waals surface area (Å²) in [6.07, 6.45) is 0. The van der Waals surface area contributed by atoms with Crippen molar-refractivity contribution in [2.24, 2.45) is 0 Å². The first kappa shape index (κ1) is 11.9. The molecule has 17 heavy (non-hydrogen) atoms. The Labute approximate surface area is 105 Å². The normalized spacial score (nSPS) is 10.7. The van der Waals surface area contributed by atoms with E-state index in [2.05, 4.69) is 4.98 Å². The van der Waals surface area contributed by atoms with Crippen molar-refractivity contribution in [3.63, 3.8) is 0 Å². The van der Waals surface area contributed by atoms with E-state index < -0.39 is 11.2 Å². The molecule has 90 valence electrons. The molecule has 0 aliphatic heterocycles. The van der Waals surface area contributed by atoms with Crippen molar-refractivity contribution in [2.75, 3.05) is 0 Å². The Balaban J connectivity index is 2.50. The maximum atomic E-state index is 11.5. The predicted molar refractivity (Wildman–Crippen MR) is 66.2 cm³/mol. The molecular weight excluding hydrogens is 264 g/mol. The van der Waals surface area contributed by atoms with E-state index in [-0.39, 0.29) is 18.0 Å². The number of hydrogen-bond donors (Lipinski definition) is 2. The van der Waals surface area contributed by atoms with Gasteiger partial charge in [-0.3, -0.25) is 14.3 Å². The fourth-order valence-corrected chi connectivity index (χ4v) is 2.47. The Morgan fingerprint density at radius 2 is 2.18 bits per heavy atom. The van der Waals surface area contributed by atoms with Gasteiger partial charge in [-0.2, -0.15) is 0 Å². The molecule has 0 unspecified atom stereocenters. The highest BCUT2D eigenvalue weighted by molar-refractivity contribution is 7.16. The van der Waals surface area contributed by atoms with E-state index in [0.717, 1.165) is 9.44 Å². The van der Waals surface area contributed by atoms with Crippen molar-refractivity contribution in [1.29, 1.82) is 0 Å². The van der Waals surface area contributed by atoms with Crippen LogP contribution in [0.25, 0.3) is 0 Å². The molecule has 2 rings (SSSR count). The van der Waals surface area contributed by atoms with Gasteiger partial charge in [-0.25, -0.2) is 4.79 Å².